The summed E-state index contributed by atoms with van der Waals surface area (Å²) >= 11 is 0. The molecule has 0 radical (unpaired) electrons. The number of benzene rings is 2. The van der Waals surface area contributed by atoms with Gasteiger partial charge < -0.3 is 11.1 Å². The zero-order chi connectivity index (χ0) is 13.2. The van der Waals surface area contributed by atoms with Gasteiger partial charge in [-0.3, -0.25) is 0 Å². The van der Waals surface area contributed by atoms with Gasteiger partial charge in [-0.25, -0.2) is 4.39 Å². The maximum atomic E-state index is 13.2. The molecule has 0 spiro atoms. The maximum absolute atomic E-state index is 13.2. The van der Waals surface area contributed by atoms with Gasteiger partial charge in [0.1, 0.15) is 5.82 Å². The van der Waals surface area contributed by atoms with Crippen LogP contribution in [-0.4, -0.2) is 0 Å². The number of hydrogen-bond donors (Lipinski definition) is 2. The third-order valence-electron chi connectivity index (χ3n) is 3.66. The zero-order valence-electron chi connectivity index (χ0n) is 10.7. The van der Waals surface area contributed by atoms with Gasteiger partial charge in [-0.1, -0.05) is 18.2 Å². The van der Waals surface area contributed by atoms with E-state index in [0.29, 0.717) is 17.9 Å². The molecule has 3 rings (SSSR count). The van der Waals surface area contributed by atoms with Crippen LogP contribution in [0.15, 0.2) is 36.4 Å². The number of hydrogen-bond acceptors (Lipinski definition) is 2. The van der Waals surface area contributed by atoms with Crippen LogP contribution in [0.1, 0.15) is 23.1 Å². The van der Waals surface area contributed by atoms with Gasteiger partial charge in [0.2, 0.25) is 0 Å². The molecule has 2 nitrogen and oxygen atoms in total. The number of fused-ring (bicyclic) bond motifs is 1. The van der Waals surface area contributed by atoms with Crippen LogP contribution in [0.3, 0.4) is 0 Å². The van der Waals surface area contributed by atoms with Gasteiger partial charge in [-0.15, -0.1) is 0 Å². The third-order valence-corrected chi connectivity index (χ3v) is 3.66. The molecule has 1 aliphatic carbocycles. The molecule has 1 aliphatic rings. The number of aryl methyl sites for hydroxylation is 2. The lowest BCUT2D eigenvalue weighted by atomic mass is 10.1. The molecule has 0 unspecified atom stereocenters. The Balaban J connectivity index is 1.74. The first kappa shape index (κ1) is 12.0. The molecule has 0 bridgehead atoms. The standard InChI is InChI=1S/C16H17FN2/c17-14-6-7-15(18)16(9-14)19-10-11-4-5-12-2-1-3-13(12)8-11/h4-9,19H,1-3,10,18H2. The van der Waals surface area contributed by atoms with Crippen molar-refractivity contribution >= 4 is 11.4 Å². The Morgan fingerprint density at radius 3 is 2.79 bits per heavy atom. The summed E-state index contributed by atoms with van der Waals surface area (Å²) < 4.78 is 13.2. The molecule has 19 heavy (non-hydrogen) atoms. The van der Waals surface area contributed by atoms with Crippen LogP contribution in [0.2, 0.25) is 0 Å². The summed E-state index contributed by atoms with van der Waals surface area (Å²) in [6.45, 7) is 0.668. The minimum Gasteiger partial charge on any atom is -0.397 e. The number of anilines is 2. The van der Waals surface area contributed by atoms with Crippen molar-refractivity contribution in [3.63, 3.8) is 0 Å². The minimum absolute atomic E-state index is 0.273. The summed E-state index contributed by atoms with van der Waals surface area (Å²) in [5.74, 6) is -0.273. The van der Waals surface area contributed by atoms with E-state index in [1.807, 2.05) is 0 Å². The lowest BCUT2D eigenvalue weighted by Crippen LogP contribution is -2.03. The van der Waals surface area contributed by atoms with Crippen LogP contribution in [0, 0.1) is 5.82 Å². The van der Waals surface area contributed by atoms with Crippen LogP contribution in [0.25, 0.3) is 0 Å². The predicted molar refractivity (Wildman–Crippen MR) is 76.6 cm³/mol. The summed E-state index contributed by atoms with van der Waals surface area (Å²) in [5, 5.41) is 3.20. The van der Waals surface area contributed by atoms with Crippen molar-refractivity contribution in [2.24, 2.45) is 0 Å². The molecule has 2 aromatic rings. The quantitative estimate of drug-likeness (QED) is 0.825. The predicted octanol–water partition coefficient (Wildman–Crippen LogP) is 3.51. The molecule has 0 saturated heterocycles. The van der Waals surface area contributed by atoms with E-state index in [1.165, 1.54) is 48.1 Å². The highest BCUT2D eigenvalue weighted by Gasteiger charge is 2.10. The molecular formula is C16H17FN2. The highest BCUT2D eigenvalue weighted by molar-refractivity contribution is 5.65. The van der Waals surface area contributed by atoms with Crippen molar-refractivity contribution in [3.05, 3.63) is 58.9 Å². The van der Waals surface area contributed by atoms with Gasteiger partial charge in [0.05, 0.1) is 11.4 Å². The fraction of sp³-hybridized carbons (Fsp3) is 0.250. The van der Waals surface area contributed by atoms with Crippen molar-refractivity contribution in [2.75, 3.05) is 11.1 Å². The first-order valence-electron chi connectivity index (χ1n) is 6.62. The molecule has 0 aromatic heterocycles. The van der Waals surface area contributed by atoms with E-state index in [1.54, 1.807) is 6.07 Å². The van der Waals surface area contributed by atoms with E-state index < -0.39 is 0 Å². The highest BCUT2D eigenvalue weighted by atomic mass is 19.1. The van der Waals surface area contributed by atoms with Crippen molar-refractivity contribution in [1.29, 1.82) is 0 Å². The molecule has 0 atom stereocenters. The van der Waals surface area contributed by atoms with E-state index in [2.05, 4.69) is 23.5 Å². The van der Waals surface area contributed by atoms with E-state index in [0.717, 1.165) is 0 Å². The Kier molecular flexibility index (Phi) is 3.11. The average molecular weight is 256 g/mol. The van der Waals surface area contributed by atoms with E-state index >= 15 is 0 Å². The molecule has 3 heteroatoms. The number of nitrogens with one attached hydrogen (secondary N) is 1. The smallest absolute Gasteiger partial charge is 0.125 e. The number of nitrogen functional groups attached to an aromatic ring is 1. The lowest BCUT2D eigenvalue weighted by molar-refractivity contribution is 0.628. The SMILES string of the molecule is Nc1ccc(F)cc1NCc1ccc2c(c1)CCC2. The number of rotatable bonds is 3. The van der Waals surface area contributed by atoms with Crippen LogP contribution in [0.4, 0.5) is 15.8 Å². The maximum Gasteiger partial charge on any atom is 0.125 e. The topological polar surface area (TPSA) is 38.0 Å². The fourth-order valence-corrected chi connectivity index (χ4v) is 2.61. The summed E-state index contributed by atoms with van der Waals surface area (Å²) in [6.07, 6.45) is 3.62. The van der Waals surface area contributed by atoms with Gasteiger partial charge in [0.25, 0.3) is 0 Å². The molecule has 0 amide bonds. The van der Waals surface area contributed by atoms with Crippen LogP contribution in [-0.2, 0) is 19.4 Å². The Labute approximate surface area is 112 Å². The molecule has 0 saturated carbocycles. The highest BCUT2D eigenvalue weighted by Crippen LogP contribution is 2.24. The first-order valence-corrected chi connectivity index (χ1v) is 6.62. The molecule has 98 valence electrons. The normalized spacial score (nSPS) is 13.3. The van der Waals surface area contributed by atoms with E-state index in [9.17, 15) is 4.39 Å². The van der Waals surface area contributed by atoms with Crippen LogP contribution >= 0.6 is 0 Å². The average Bonchev–Trinajstić information content (AvgIpc) is 2.87. The van der Waals surface area contributed by atoms with Crippen molar-refractivity contribution in [1.82, 2.24) is 0 Å². The second-order valence-electron chi connectivity index (χ2n) is 5.04. The third kappa shape index (κ3) is 2.55. The second-order valence-corrected chi connectivity index (χ2v) is 5.04. The largest absolute Gasteiger partial charge is 0.397 e. The second kappa shape index (κ2) is 4.92. The fourth-order valence-electron chi connectivity index (χ4n) is 2.61. The summed E-state index contributed by atoms with van der Waals surface area (Å²) in [4.78, 5) is 0. The Morgan fingerprint density at radius 2 is 1.89 bits per heavy atom. The summed E-state index contributed by atoms with van der Waals surface area (Å²) in [5.41, 5.74) is 11.2. The Hall–Kier alpha value is -2.03. The molecular weight excluding hydrogens is 239 g/mol. The lowest BCUT2D eigenvalue weighted by Gasteiger charge is -2.10. The summed E-state index contributed by atoms with van der Waals surface area (Å²) in [6, 6.07) is 11.0. The van der Waals surface area contributed by atoms with Crippen molar-refractivity contribution < 1.29 is 4.39 Å². The molecule has 0 heterocycles. The van der Waals surface area contributed by atoms with E-state index in [-0.39, 0.29) is 5.82 Å². The molecule has 2 aromatic carbocycles. The Morgan fingerprint density at radius 1 is 1.05 bits per heavy atom. The minimum atomic E-state index is -0.273. The van der Waals surface area contributed by atoms with Gasteiger partial charge >= 0.3 is 0 Å². The van der Waals surface area contributed by atoms with Crippen LogP contribution in [0.5, 0.6) is 0 Å². The van der Waals surface area contributed by atoms with Crippen molar-refractivity contribution in [3.8, 4) is 0 Å². The first-order chi connectivity index (χ1) is 9.22. The molecule has 3 N–H and O–H groups in total. The van der Waals surface area contributed by atoms with Gasteiger partial charge in [0, 0.05) is 6.54 Å². The van der Waals surface area contributed by atoms with Gasteiger partial charge in [-0.05, 0) is 54.2 Å². The van der Waals surface area contributed by atoms with Gasteiger partial charge in [0.15, 0.2) is 0 Å². The van der Waals surface area contributed by atoms with Crippen molar-refractivity contribution in [2.45, 2.75) is 25.8 Å². The monoisotopic (exact) mass is 256 g/mol. The van der Waals surface area contributed by atoms with Crippen LogP contribution < -0.4 is 11.1 Å². The number of nitrogens with two attached hydrogens (primary N) is 1. The molecule has 0 fully saturated rings. The zero-order valence-corrected chi connectivity index (χ0v) is 10.7. The van der Waals surface area contributed by atoms with E-state index in [4.69, 9.17) is 5.73 Å². The summed E-state index contributed by atoms with van der Waals surface area (Å²) in [7, 11) is 0. The number of halogens is 1. The van der Waals surface area contributed by atoms with Gasteiger partial charge in [-0.2, -0.15) is 0 Å². The Bertz CT molecular complexity index is 608. The molecule has 0 aliphatic heterocycles.